The fraction of sp³-hybridized carbons (Fsp3) is 0.300. The van der Waals surface area contributed by atoms with Crippen molar-refractivity contribution in [3.05, 3.63) is 35.7 Å². The van der Waals surface area contributed by atoms with Crippen LogP contribution >= 0.6 is 0 Å². The number of nitrogens with zero attached hydrogens (tertiary/aromatic N) is 1. The van der Waals surface area contributed by atoms with Crippen molar-refractivity contribution in [1.29, 1.82) is 0 Å². The third-order valence-electron chi connectivity index (χ3n) is 2.34. The minimum atomic E-state index is 0.327. The average Bonchev–Trinajstić information content (AvgIpc) is 2.01. The van der Waals surface area contributed by atoms with Gasteiger partial charge in [0.2, 0.25) is 0 Å². The summed E-state index contributed by atoms with van der Waals surface area (Å²) in [5.74, 6) is 1.21. The van der Waals surface area contributed by atoms with Gasteiger partial charge in [0, 0.05) is 11.6 Å². The molecule has 13 heavy (non-hydrogen) atoms. The fourth-order valence-electron chi connectivity index (χ4n) is 1.72. The van der Waals surface area contributed by atoms with E-state index in [4.69, 9.17) is 5.73 Å². The van der Waals surface area contributed by atoms with Crippen molar-refractivity contribution in [1.82, 2.24) is 5.32 Å². The van der Waals surface area contributed by atoms with Gasteiger partial charge < -0.3 is 11.1 Å². The van der Waals surface area contributed by atoms with Crippen LogP contribution in [0.2, 0.25) is 0 Å². The van der Waals surface area contributed by atoms with Crippen LogP contribution < -0.4 is 11.1 Å². The number of hydrogen-bond donors (Lipinski definition) is 2. The molecule has 3 nitrogen and oxygen atoms in total. The second-order valence-corrected chi connectivity index (χ2v) is 3.40. The van der Waals surface area contributed by atoms with Gasteiger partial charge in [-0.1, -0.05) is 18.7 Å². The molecule has 0 saturated carbocycles. The number of fused-ring (bicyclic) bond motifs is 3. The Morgan fingerprint density at radius 2 is 2.46 bits per heavy atom. The first-order chi connectivity index (χ1) is 6.16. The lowest BCUT2D eigenvalue weighted by Crippen LogP contribution is -2.32. The summed E-state index contributed by atoms with van der Waals surface area (Å²) in [5, 5.41) is 3.18. The standard InChI is InChI=1S/C10H13N3/c1-6-5-8-3-4-9(6)10(11)13-7(2)12-8/h4-5,8,12H,2-3H2,1H3,(H2,11,13). The van der Waals surface area contributed by atoms with E-state index >= 15 is 0 Å². The van der Waals surface area contributed by atoms with Crippen molar-refractivity contribution >= 4 is 5.84 Å². The molecule has 2 bridgehead atoms. The Kier molecular flexibility index (Phi) is 1.72. The predicted molar refractivity (Wildman–Crippen MR) is 54.1 cm³/mol. The first-order valence-corrected chi connectivity index (χ1v) is 4.36. The molecular weight excluding hydrogens is 162 g/mol. The zero-order chi connectivity index (χ0) is 9.42. The van der Waals surface area contributed by atoms with E-state index in [2.05, 4.69) is 36.0 Å². The molecule has 2 heterocycles. The number of amidine groups is 1. The minimum Gasteiger partial charge on any atom is -0.383 e. The number of aliphatic imine (C=N–C) groups is 1. The van der Waals surface area contributed by atoms with Crippen molar-refractivity contribution in [2.24, 2.45) is 10.7 Å². The molecule has 0 aromatic carbocycles. The summed E-state index contributed by atoms with van der Waals surface area (Å²) in [5.41, 5.74) is 8.05. The maximum Gasteiger partial charge on any atom is 0.133 e. The van der Waals surface area contributed by atoms with Gasteiger partial charge in [0.25, 0.3) is 0 Å². The van der Waals surface area contributed by atoms with Gasteiger partial charge in [-0.25, -0.2) is 4.99 Å². The summed E-state index contributed by atoms with van der Waals surface area (Å²) in [6.07, 6.45) is 5.25. The molecule has 68 valence electrons. The van der Waals surface area contributed by atoms with E-state index in [1.807, 2.05) is 0 Å². The molecule has 0 aromatic rings. The highest BCUT2D eigenvalue weighted by atomic mass is 15.1. The van der Waals surface area contributed by atoms with Gasteiger partial charge in [-0.15, -0.1) is 0 Å². The van der Waals surface area contributed by atoms with E-state index in [9.17, 15) is 0 Å². The average molecular weight is 175 g/mol. The summed E-state index contributed by atoms with van der Waals surface area (Å²) in [6, 6.07) is 0.327. The van der Waals surface area contributed by atoms with Crippen LogP contribution in [0.5, 0.6) is 0 Å². The Morgan fingerprint density at radius 3 is 3.15 bits per heavy atom. The third kappa shape index (κ3) is 1.37. The lowest BCUT2D eigenvalue weighted by atomic mass is 9.94. The highest BCUT2D eigenvalue weighted by Gasteiger charge is 2.18. The van der Waals surface area contributed by atoms with Crippen molar-refractivity contribution in [2.45, 2.75) is 19.4 Å². The van der Waals surface area contributed by atoms with Crippen LogP contribution in [0.3, 0.4) is 0 Å². The van der Waals surface area contributed by atoms with Crippen LogP contribution in [0.15, 0.2) is 40.7 Å². The number of rotatable bonds is 0. The molecule has 0 amide bonds. The van der Waals surface area contributed by atoms with Crippen molar-refractivity contribution in [2.75, 3.05) is 0 Å². The highest BCUT2D eigenvalue weighted by Crippen LogP contribution is 2.21. The van der Waals surface area contributed by atoms with Gasteiger partial charge in [-0.05, 0) is 18.9 Å². The van der Waals surface area contributed by atoms with Crippen LogP contribution in [0.4, 0.5) is 0 Å². The van der Waals surface area contributed by atoms with E-state index < -0.39 is 0 Å². The summed E-state index contributed by atoms with van der Waals surface area (Å²) >= 11 is 0. The van der Waals surface area contributed by atoms with Gasteiger partial charge in [0.15, 0.2) is 0 Å². The quantitative estimate of drug-likeness (QED) is 0.578. The zero-order valence-electron chi connectivity index (χ0n) is 7.67. The predicted octanol–water partition coefficient (Wildman–Crippen LogP) is 1.06. The zero-order valence-corrected chi connectivity index (χ0v) is 7.67. The largest absolute Gasteiger partial charge is 0.383 e. The minimum absolute atomic E-state index is 0.327. The Balaban J connectivity index is 2.47. The van der Waals surface area contributed by atoms with Gasteiger partial charge in [0.1, 0.15) is 11.7 Å². The molecule has 3 heteroatoms. The van der Waals surface area contributed by atoms with Gasteiger partial charge in [-0.3, -0.25) is 0 Å². The number of hydrogen-bond acceptors (Lipinski definition) is 3. The Bertz CT molecular complexity index is 347. The summed E-state index contributed by atoms with van der Waals surface area (Å²) in [7, 11) is 0. The molecule has 3 N–H and O–H groups in total. The highest BCUT2D eigenvalue weighted by molar-refractivity contribution is 6.01. The molecule has 1 unspecified atom stereocenters. The topological polar surface area (TPSA) is 50.4 Å². The molecule has 0 radical (unpaired) electrons. The monoisotopic (exact) mass is 175 g/mol. The molecule has 1 aliphatic carbocycles. The number of nitrogens with two attached hydrogens (primary N) is 1. The first-order valence-electron chi connectivity index (χ1n) is 4.36. The fourth-order valence-corrected chi connectivity index (χ4v) is 1.72. The first kappa shape index (κ1) is 8.10. The Hall–Kier alpha value is -1.51. The summed E-state index contributed by atoms with van der Waals surface area (Å²) < 4.78 is 0. The van der Waals surface area contributed by atoms with E-state index in [-0.39, 0.29) is 0 Å². The molecule has 3 rings (SSSR count). The van der Waals surface area contributed by atoms with E-state index in [0.29, 0.717) is 17.7 Å². The second-order valence-electron chi connectivity index (χ2n) is 3.40. The third-order valence-corrected chi connectivity index (χ3v) is 2.34. The normalized spacial score (nSPS) is 26.7. The van der Waals surface area contributed by atoms with Gasteiger partial charge >= 0.3 is 0 Å². The SMILES string of the molecule is C=C1N=C(N)C2=CCC(C=C2C)N1. The maximum absolute atomic E-state index is 5.80. The van der Waals surface area contributed by atoms with Crippen LogP contribution in [0.1, 0.15) is 13.3 Å². The van der Waals surface area contributed by atoms with Crippen LogP contribution in [-0.2, 0) is 0 Å². The summed E-state index contributed by atoms with van der Waals surface area (Å²) in [4.78, 5) is 4.15. The Labute approximate surface area is 77.7 Å². The van der Waals surface area contributed by atoms with Crippen LogP contribution in [0.25, 0.3) is 0 Å². The lowest BCUT2D eigenvalue weighted by molar-refractivity contribution is 0.658. The molecule has 3 aliphatic rings. The van der Waals surface area contributed by atoms with E-state index in [1.54, 1.807) is 0 Å². The molecule has 2 aliphatic heterocycles. The molecule has 0 fully saturated rings. The van der Waals surface area contributed by atoms with Crippen LogP contribution in [-0.4, -0.2) is 11.9 Å². The van der Waals surface area contributed by atoms with Crippen molar-refractivity contribution < 1.29 is 0 Å². The Morgan fingerprint density at radius 1 is 1.69 bits per heavy atom. The van der Waals surface area contributed by atoms with Crippen molar-refractivity contribution in [3.63, 3.8) is 0 Å². The second kappa shape index (κ2) is 2.76. The van der Waals surface area contributed by atoms with Crippen LogP contribution in [0, 0.1) is 0 Å². The molecule has 0 aromatic heterocycles. The molecule has 0 saturated heterocycles. The van der Waals surface area contributed by atoms with E-state index in [1.165, 1.54) is 5.57 Å². The summed E-state index contributed by atoms with van der Waals surface area (Å²) in [6.45, 7) is 5.83. The van der Waals surface area contributed by atoms with Gasteiger partial charge in [0.05, 0.1) is 0 Å². The molecular formula is C10H13N3. The van der Waals surface area contributed by atoms with Crippen molar-refractivity contribution in [3.8, 4) is 0 Å². The van der Waals surface area contributed by atoms with Gasteiger partial charge in [-0.2, -0.15) is 0 Å². The molecule has 0 spiro atoms. The maximum atomic E-state index is 5.80. The number of nitrogens with one attached hydrogen (secondary N) is 1. The van der Waals surface area contributed by atoms with E-state index in [0.717, 1.165) is 12.0 Å². The lowest BCUT2D eigenvalue weighted by Gasteiger charge is -2.24. The smallest absolute Gasteiger partial charge is 0.133 e. The molecule has 1 atom stereocenters.